The fraction of sp³-hybridized carbons (Fsp3) is 0.375. The van der Waals surface area contributed by atoms with Crippen molar-refractivity contribution in [1.29, 1.82) is 0 Å². The molecular weight excluding hydrogens is 300 g/mol. The minimum atomic E-state index is -0.612. The molecule has 2 rings (SSSR count). The number of ether oxygens (including phenoxy) is 1. The minimum absolute atomic E-state index is 0.0540. The quantitative estimate of drug-likeness (QED) is 0.821. The van der Waals surface area contributed by atoms with Crippen LogP contribution >= 0.6 is 11.3 Å². The van der Waals surface area contributed by atoms with Gasteiger partial charge in [0.1, 0.15) is 10.8 Å². The number of aliphatic hydroxyl groups is 1. The molecule has 0 spiro atoms. The van der Waals surface area contributed by atoms with Crippen LogP contribution in [0.15, 0.2) is 30.5 Å². The predicted octanol–water partition coefficient (Wildman–Crippen LogP) is 2.28. The van der Waals surface area contributed by atoms with E-state index in [1.54, 1.807) is 42.5 Å². The van der Waals surface area contributed by atoms with E-state index in [1.807, 2.05) is 6.20 Å². The fourth-order valence-electron chi connectivity index (χ4n) is 1.87. The first-order chi connectivity index (χ1) is 10.6. The molecule has 1 unspecified atom stereocenters. The number of nitrogens with one attached hydrogen (secondary N) is 1. The largest absolute Gasteiger partial charge is 0.481 e. The Balaban J connectivity index is 1.86. The van der Waals surface area contributed by atoms with Gasteiger partial charge in [-0.25, -0.2) is 4.98 Å². The molecule has 0 fully saturated rings. The number of carbonyl (C=O) groups excluding carboxylic acids is 1. The fourth-order valence-corrected chi connectivity index (χ4v) is 2.68. The lowest BCUT2D eigenvalue weighted by atomic mass is 10.2. The Morgan fingerprint density at radius 1 is 1.50 bits per heavy atom. The summed E-state index contributed by atoms with van der Waals surface area (Å²) < 4.78 is 5.59. The highest BCUT2D eigenvalue weighted by Crippen LogP contribution is 2.16. The van der Waals surface area contributed by atoms with Gasteiger partial charge in [0, 0.05) is 11.1 Å². The number of nitrogens with zero attached hydrogens (tertiary/aromatic N) is 1. The second-order valence-corrected chi connectivity index (χ2v) is 6.06. The summed E-state index contributed by atoms with van der Waals surface area (Å²) in [4.78, 5) is 17.5. The van der Waals surface area contributed by atoms with Gasteiger partial charge in [-0.2, -0.15) is 0 Å². The second-order valence-electron chi connectivity index (χ2n) is 4.86. The van der Waals surface area contributed by atoms with E-state index in [4.69, 9.17) is 9.84 Å². The molecule has 5 nitrogen and oxygen atoms in total. The molecule has 0 aliphatic rings. The number of hydrogen-bond acceptors (Lipinski definition) is 5. The van der Waals surface area contributed by atoms with Crippen LogP contribution in [0.4, 0.5) is 0 Å². The van der Waals surface area contributed by atoms with Crippen molar-refractivity contribution in [2.45, 2.75) is 39.5 Å². The van der Waals surface area contributed by atoms with Gasteiger partial charge in [0.2, 0.25) is 0 Å². The van der Waals surface area contributed by atoms with Gasteiger partial charge in [0.05, 0.1) is 13.2 Å². The normalized spacial score (nSPS) is 12.0. The number of thiazole rings is 1. The van der Waals surface area contributed by atoms with E-state index in [-0.39, 0.29) is 12.5 Å². The highest BCUT2D eigenvalue weighted by Gasteiger charge is 2.15. The van der Waals surface area contributed by atoms with Gasteiger partial charge in [-0.05, 0) is 31.0 Å². The molecule has 0 saturated heterocycles. The Bertz CT molecular complexity index is 627. The van der Waals surface area contributed by atoms with Crippen molar-refractivity contribution in [3.63, 3.8) is 0 Å². The van der Waals surface area contributed by atoms with Gasteiger partial charge in [-0.1, -0.05) is 19.1 Å². The average Bonchev–Trinajstić information content (AvgIpc) is 3.00. The van der Waals surface area contributed by atoms with Crippen LogP contribution in [0.3, 0.4) is 0 Å². The molecule has 0 radical (unpaired) electrons. The molecule has 0 saturated carbocycles. The van der Waals surface area contributed by atoms with Crippen LogP contribution in [-0.2, 0) is 24.4 Å². The number of amides is 1. The van der Waals surface area contributed by atoms with E-state index >= 15 is 0 Å². The number of aromatic nitrogens is 1. The van der Waals surface area contributed by atoms with Crippen LogP contribution in [0.25, 0.3) is 0 Å². The zero-order chi connectivity index (χ0) is 15.9. The predicted molar refractivity (Wildman–Crippen MR) is 85.8 cm³/mol. The zero-order valence-corrected chi connectivity index (χ0v) is 13.5. The molecule has 1 atom stereocenters. The van der Waals surface area contributed by atoms with Crippen molar-refractivity contribution in [3.05, 3.63) is 45.9 Å². The van der Waals surface area contributed by atoms with Gasteiger partial charge in [0.25, 0.3) is 5.91 Å². The topological polar surface area (TPSA) is 71.5 Å². The first kappa shape index (κ1) is 16.5. The Kier molecular flexibility index (Phi) is 5.91. The molecule has 2 aromatic rings. The maximum Gasteiger partial charge on any atom is 0.261 e. The molecule has 1 heterocycles. The lowest BCUT2D eigenvalue weighted by Gasteiger charge is -2.14. The molecule has 1 aromatic heterocycles. The molecule has 0 aliphatic carbocycles. The van der Waals surface area contributed by atoms with Gasteiger partial charge in [0.15, 0.2) is 6.10 Å². The number of rotatable bonds is 7. The molecular formula is C16H20N2O3S. The Morgan fingerprint density at radius 2 is 2.32 bits per heavy atom. The van der Waals surface area contributed by atoms with Crippen molar-refractivity contribution in [2.24, 2.45) is 0 Å². The molecule has 118 valence electrons. The molecule has 22 heavy (non-hydrogen) atoms. The minimum Gasteiger partial charge on any atom is -0.481 e. The Morgan fingerprint density at radius 3 is 3.00 bits per heavy atom. The first-order valence-electron chi connectivity index (χ1n) is 7.20. The van der Waals surface area contributed by atoms with E-state index in [2.05, 4.69) is 17.2 Å². The standard InChI is InChI=1S/C16H20N2O3S/c1-3-14-8-17-15(22-14)9-18-16(20)11(2)21-13-6-4-5-12(7-13)10-19/h4-8,11,19H,3,9-10H2,1-2H3,(H,18,20). The molecule has 1 aromatic carbocycles. The summed E-state index contributed by atoms with van der Waals surface area (Å²) in [6.45, 7) is 4.13. The second kappa shape index (κ2) is 7.91. The molecule has 1 amide bonds. The maximum absolute atomic E-state index is 12.0. The number of aryl methyl sites for hydroxylation is 1. The molecule has 0 bridgehead atoms. The van der Waals surface area contributed by atoms with Crippen molar-refractivity contribution in [1.82, 2.24) is 10.3 Å². The third-order valence-electron chi connectivity index (χ3n) is 3.13. The lowest BCUT2D eigenvalue weighted by Crippen LogP contribution is -2.35. The number of benzene rings is 1. The number of carbonyl (C=O) groups is 1. The van der Waals surface area contributed by atoms with Crippen LogP contribution in [0, 0.1) is 0 Å². The van der Waals surface area contributed by atoms with Gasteiger partial charge >= 0.3 is 0 Å². The summed E-state index contributed by atoms with van der Waals surface area (Å²) >= 11 is 1.60. The number of hydrogen-bond donors (Lipinski definition) is 2. The third kappa shape index (κ3) is 4.54. The van der Waals surface area contributed by atoms with E-state index in [1.165, 1.54) is 4.88 Å². The Hall–Kier alpha value is -1.92. The highest BCUT2D eigenvalue weighted by atomic mass is 32.1. The maximum atomic E-state index is 12.0. The molecule has 0 aliphatic heterocycles. The summed E-state index contributed by atoms with van der Waals surface area (Å²) in [6, 6.07) is 7.06. The van der Waals surface area contributed by atoms with Crippen LogP contribution in [0.1, 0.15) is 29.3 Å². The molecule has 6 heteroatoms. The number of aliphatic hydroxyl groups excluding tert-OH is 1. The van der Waals surface area contributed by atoms with E-state index < -0.39 is 6.10 Å². The van der Waals surface area contributed by atoms with E-state index in [0.29, 0.717) is 12.3 Å². The lowest BCUT2D eigenvalue weighted by molar-refractivity contribution is -0.127. The average molecular weight is 320 g/mol. The van der Waals surface area contributed by atoms with Gasteiger partial charge in [-0.15, -0.1) is 11.3 Å². The third-order valence-corrected chi connectivity index (χ3v) is 4.27. The van der Waals surface area contributed by atoms with Crippen molar-refractivity contribution >= 4 is 17.2 Å². The van der Waals surface area contributed by atoms with Crippen molar-refractivity contribution in [2.75, 3.05) is 0 Å². The van der Waals surface area contributed by atoms with Crippen LogP contribution in [0.5, 0.6) is 5.75 Å². The summed E-state index contributed by atoms with van der Waals surface area (Å²) in [7, 11) is 0. The van der Waals surface area contributed by atoms with E-state index in [0.717, 1.165) is 17.0 Å². The monoisotopic (exact) mass is 320 g/mol. The zero-order valence-electron chi connectivity index (χ0n) is 12.7. The SMILES string of the molecule is CCc1cnc(CNC(=O)C(C)Oc2cccc(CO)c2)s1. The smallest absolute Gasteiger partial charge is 0.261 e. The highest BCUT2D eigenvalue weighted by molar-refractivity contribution is 7.11. The van der Waals surface area contributed by atoms with Crippen LogP contribution in [-0.4, -0.2) is 22.1 Å². The summed E-state index contributed by atoms with van der Waals surface area (Å²) in [5.41, 5.74) is 0.750. The summed E-state index contributed by atoms with van der Waals surface area (Å²) in [5, 5.41) is 12.8. The summed E-state index contributed by atoms with van der Waals surface area (Å²) in [5.74, 6) is 0.374. The Labute approximate surface area is 134 Å². The van der Waals surface area contributed by atoms with E-state index in [9.17, 15) is 4.79 Å². The van der Waals surface area contributed by atoms with Gasteiger partial charge < -0.3 is 15.2 Å². The van der Waals surface area contributed by atoms with Crippen LogP contribution in [0.2, 0.25) is 0 Å². The van der Waals surface area contributed by atoms with Crippen molar-refractivity contribution in [3.8, 4) is 5.75 Å². The van der Waals surface area contributed by atoms with Crippen molar-refractivity contribution < 1.29 is 14.6 Å². The first-order valence-corrected chi connectivity index (χ1v) is 8.01. The van der Waals surface area contributed by atoms with Crippen LogP contribution < -0.4 is 10.1 Å². The van der Waals surface area contributed by atoms with Gasteiger partial charge in [-0.3, -0.25) is 4.79 Å². The molecule has 2 N–H and O–H groups in total. The summed E-state index contributed by atoms with van der Waals surface area (Å²) in [6.07, 6.45) is 2.18.